The molecule has 57 heavy (non-hydrogen) atoms. The van der Waals surface area contributed by atoms with Gasteiger partial charge in [0.25, 0.3) is 0 Å². The Hall–Kier alpha value is -4.83. The first kappa shape index (κ1) is 36.5. The number of nitrogens with zero attached hydrogens (tertiary/aromatic N) is 3. The lowest BCUT2D eigenvalue weighted by Gasteiger charge is -2.38. The summed E-state index contributed by atoms with van der Waals surface area (Å²) in [5.41, 5.74) is 19.5. The van der Waals surface area contributed by atoms with Gasteiger partial charge in [0, 0.05) is 11.1 Å². The van der Waals surface area contributed by atoms with E-state index in [9.17, 15) is 0 Å². The van der Waals surface area contributed by atoms with Gasteiger partial charge in [-0.3, -0.25) is 8.97 Å². The summed E-state index contributed by atoms with van der Waals surface area (Å²) in [7, 11) is 0. The van der Waals surface area contributed by atoms with Crippen LogP contribution in [0, 0.1) is 0 Å². The summed E-state index contributed by atoms with van der Waals surface area (Å²) in [4.78, 5) is 5.86. The molecule has 0 saturated heterocycles. The monoisotopic (exact) mass is 747 g/mol. The lowest BCUT2D eigenvalue weighted by atomic mass is 9.32. The van der Waals surface area contributed by atoms with Gasteiger partial charge in [0.1, 0.15) is 0 Å². The molecule has 0 atom stereocenters. The Morgan fingerprint density at radius 1 is 0.509 bits per heavy atom. The van der Waals surface area contributed by atoms with E-state index in [2.05, 4.69) is 192 Å². The van der Waals surface area contributed by atoms with E-state index in [1.807, 2.05) is 0 Å². The van der Waals surface area contributed by atoms with Crippen LogP contribution in [0.2, 0.25) is 0 Å². The molecule has 8 aromatic rings. The molecule has 0 fully saturated rings. The van der Waals surface area contributed by atoms with Crippen molar-refractivity contribution in [3.8, 4) is 16.8 Å². The standard InChI is InChI=1S/C53H58BN3/c1-49(2,3)30-20-22-38-35(24-30)33-17-16-18-34-36(52(10,11)12)28-41-45(44(33)34)54(38)39-21-19-29-23-31(50(4,5)6)26-40-43(29)47(39)57(41)48-55-46-37(53(13,14)15)25-32(51(7,8)9)27-42(46)56(40)48/h16-28H,1-15H3. The summed E-state index contributed by atoms with van der Waals surface area (Å²) in [6, 6.07) is 31.7. The maximum atomic E-state index is 5.86. The molecule has 0 saturated carbocycles. The molecule has 0 spiro atoms. The van der Waals surface area contributed by atoms with Crippen molar-refractivity contribution in [3.63, 3.8) is 0 Å². The van der Waals surface area contributed by atoms with Crippen LogP contribution in [-0.4, -0.2) is 20.7 Å². The fraction of sp³-hybridized carbons (Fsp3) is 0.377. The Morgan fingerprint density at radius 3 is 1.79 bits per heavy atom. The Labute approximate surface area is 339 Å². The SMILES string of the molecule is CC(C)(C)c1ccc2c(c1)-c1cccc3c(C(C)(C)C)cc4c(c13)B2c1ccc2cc(C(C)(C)C)cc3c2c1n-4c1nc2c(C(C)(C)C)cc(C(C)(C)C)cc2n31. The topological polar surface area (TPSA) is 22.2 Å². The van der Waals surface area contributed by atoms with E-state index in [-0.39, 0.29) is 33.8 Å². The summed E-state index contributed by atoms with van der Waals surface area (Å²) in [6.45, 7) is 35.3. The summed E-state index contributed by atoms with van der Waals surface area (Å²) >= 11 is 0. The van der Waals surface area contributed by atoms with E-state index in [4.69, 9.17) is 4.98 Å². The second-order valence-electron chi connectivity index (χ2n) is 22.6. The number of aromatic nitrogens is 3. The van der Waals surface area contributed by atoms with Gasteiger partial charge in [-0.2, -0.15) is 0 Å². The van der Waals surface area contributed by atoms with Gasteiger partial charge < -0.3 is 0 Å². The van der Waals surface area contributed by atoms with E-state index in [1.54, 1.807) is 0 Å². The van der Waals surface area contributed by atoms with E-state index >= 15 is 0 Å². The second-order valence-corrected chi connectivity index (χ2v) is 22.6. The van der Waals surface area contributed by atoms with Crippen LogP contribution in [0.1, 0.15) is 132 Å². The first-order valence-corrected chi connectivity index (χ1v) is 21.2. The Balaban J connectivity index is 1.50. The zero-order chi connectivity index (χ0) is 40.7. The third-order valence-electron chi connectivity index (χ3n) is 13.4. The van der Waals surface area contributed by atoms with Gasteiger partial charge in [0.05, 0.1) is 22.1 Å². The molecule has 3 nitrogen and oxygen atoms in total. The van der Waals surface area contributed by atoms with Gasteiger partial charge in [0.2, 0.25) is 12.5 Å². The summed E-state index contributed by atoms with van der Waals surface area (Å²) in [6.07, 6.45) is 0. The van der Waals surface area contributed by atoms with Crippen molar-refractivity contribution in [3.05, 3.63) is 107 Å². The van der Waals surface area contributed by atoms with Gasteiger partial charge in [0.15, 0.2) is 0 Å². The first-order valence-electron chi connectivity index (χ1n) is 21.2. The highest BCUT2D eigenvalue weighted by molar-refractivity contribution is 7.01. The van der Waals surface area contributed by atoms with Crippen LogP contribution in [0.4, 0.5) is 0 Å². The Kier molecular flexibility index (Phi) is 7.05. The van der Waals surface area contributed by atoms with Gasteiger partial charge in [-0.15, -0.1) is 0 Å². The zero-order valence-electron chi connectivity index (χ0n) is 36.9. The van der Waals surface area contributed by atoms with E-state index in [1.165, 1.54) is 99.1 Å². The molecule has 0 aliphatic carbocycles. The van der Waals surface area contributed by atoms with E-state index < -0.39 is 0 Å². The smallest absolute Gasteiger partial charge is 0.248 e. The molecule has 10 rings (SSSR count). The molecule has 0 N–H and O–H groups in total. The summed E-state index contributed by atoms with van der Waals surface area (Å²) < 4.78 is 5.14. The minimum atomic E-state index is -0.101. The molecule has 2 aliphatic heterocycles. The highest BCUT2D eigenvalue weighted by atomic mass is 15.2. The van der Waals surface area contributed by atoms with Crippen molar-refractivity contribution in [1.29, 1.82) is 0 Å². The molecule has 6 aromatic carbocycles. The first-order chi connectivity index (χ1) is 26.4. The van der Waals surface area contributed by atoms with Gasteiger partial charge >= 0.3 is 0 Å². The zero-order valence-corrected chi connectivity index (χ0v) is 36.9. The van der Waals surface area contributed by atoms with Crippen LogP contribution in [0.3, 0.4) is 0 Å². The van der Waals surface area contributed by atoms with Crippen molar-refractivity contribution in [1.82, 2.24) is 14.0 Å². The van der Waals surface area contributed by atoms with Gasteiger partial charge in [-0.05, 0) is 111 Å². The minimum Gasteiger partial charge on any atom is -0.281 e. The van der Waals surface area contributed by atoms with Crippen LogP contribution in [0.15, 0.2) is 78.9 Å². The third-order valence-corrected chi connectivity index (χ3v) is 13.4. The lowest BCUT2D eigenvalue weighted by Crippen LogP contribution is -2.59. The van der Waals surface area contributed by atoms with Crippen LogP contribution in [0.25, 0.3) is 66.2 Å². The van der Waals surface area contributed by atoms with Crippen molar-refractivity contribution < 1.29 is 0 Å². The normalized spacial score (nSPS) is 14.5. The molecular formula is C53H58BN3. The number of hydrogen-bond donors (Lipinski definition) is 0. The maximum Gasteiger partial charge on any atom is 0.248 e. The van der Waals surface area contributed by atoms with E-state index in [0.717, 1.165) is 11.3 Å². The fourth-order valence-electron chi connectivity index (χ4n) is 10.2. The molecule has 4 heterocycles. The van der Waals surface area contributed by atoms with Crippen LogP contribution < -0.4 is 16.4 Å². The number of hydrogen-bond acceptors (Lipinski definition) is 1. The predicted octanol–water partition coefficient (Wildman–Crippen LogP) is 12.0. The minimum absolute atomic E-state index is 0.0274. The highest BCUT2D eigenvalue weighted by Gasteiger charge is 2.42. The predicted molar refractivity (Wildman–Crippen MR) is 248 cm³/mol. The Bertz CT molecular complexity index is 3080. The van der Waals surface area contributed by atoms with E-state index in [0.29, 0.717) is 0 Å². The molecule has 4 heteroatoms. The molecular weight excluding hydrogens is 689 g/mol. The summed E-state index contributed by atoms with van der Waals surface area (Å²) in [5, 5.41) is 5.37. The van der Waals surface area contributed by atoms with Crippen LogP contribution in [0.5, 0.6) is 0 Å². The number of imidazole rings is 1. The second kappa shape index (κ2) is 11.0. The van der Waals surface area contributed by atoms with Gasteiger partial charge in [-0.1, -0.05) is 170 Å². The highest BCUT2D eigenvalue weighted by Crippen LogP contribution is 2.45. The number of rotatable bonds is 0. The molecule has 0 bridgehead atoms. The Morgan fingerprint density at radius 2 is 1.14 bits per heavy atom. The molecule has 288 valence electrons. The molecule has 0 radical (unpaired) electrons. The van der Waals surface area contributed by atoms with Crippen molar-refractivity contribution in [2.45, 2.75) is 131 Å². The van der Waals surface area contributed by atoms with Crippen LogP contribution in [-0.2, 0) is 27.1 Å². The van der Waals surface area contributed by atoms with Crippen molar-refractivity contribution >= 4 is 72.5 Å². The van der Waals surface area contributed by atoms with Crippen LogP contribution >= 0.6 is 0 Å². The third kappa shape index (κ3) is 5.01. The molecule has 0 amide bonds. The molecule has 2 aliphatic rings. The fourth-order valence-corrected chi connectivity index (χ4v) is 10.2. The van der Waals surface area contributed by atoms with Crippen molar-refractivity contribution in [2.75, 3.05) is 0 Å². The lowest BCUT2D eigenvalue weighted by molar-refractivity contribution is 0.572. The summed E-state index contributed by atoms with van der Waals surface area (Å²) in [5.74, 6) is 0.995. The average Bonchev–Trinajstić information content (AvgIpc) is 3.50. The van der Waals surface area contributed by atoms with Gasteiger partial charge in [-0.25, -0.2) is 4.98 Å². The molecule has 0 unspecified atom stereocenters. The average molecular weight is 748 g/mol. The number of benzene rings is 6. The molecule has 2 aromatic heterocycles. The number of fused-ring (bicyclic) bond motifs is 10. The largest absolute Gasteiger partial charge is 0.281 e. The maximum absolute atomic E-state index is 5.86. The van der Waals surface area contributed by atoms with Crippen molar-refractivity contribution in [2.24, 2.45) is 0 Å². The quantitative estimate of drug-likeness (QED) is 0.142.